The molecule has 0 amide bonds. The molecule has 0 aliphatic heterocycles. The van der Waals surface area contributed by atoms with Crippen molar-refractivity contribution in [1.82, 2.24) is 0 Å². The maximum atomic E-state index is 2.43. The Hall–Kier alpha value is -2.86. The van der Waals surface area contributed by atoms with Crippen LogP contribution in [0.15, 0.2) is 83.0 Å². The van der Waals surface area contributed by atoms with Crippen molar-refractivity contribution in [2.24, 2.45) is 0 Å². The Balaban J connectivity index is 1.72. The molecular weight excluding hydrogens is 480 g/mol. The summed E-state index contributed by atoms with van der Waals surface area (Å²) in [5, 5.41) is 0. The maximum absolute atomic E-state index is 2.43. The molecule has 0 atom stereocenters. The maximum Gasteiger partial charge on any atom is -0.0236 e. The van der Waals surface area contributed by atoms with Crippen LogP contribution >= 0.6 is 0 Å². The summed E-state index contributed by atoms with van der Waals surface area (Å²) in [6.07, 6.45) is 22.9. The molecule has 0 spiro atoms. The number of benzene rings is 2. The van der Waals surface area contributed by atoms with Gasteiger partial charge in [-0.05, 0) is 165 Å². The Morgan fingerprint density at radius 3 is 1.20 bits per heavy atom. The van der Waals surface area contributed by atoms with Gasteiger partial charge in [0.2, 0.25) is 0 Å². The first-order valence-electron chi connectivity index (χ1n) is 15.4. The summed E-state index contributed by atoms with van der Waals surface area (Å²) in [5.41, 5.74) is 17.6. The topological polar surface area (TPSA) is 0 Å². The van der Waals surface area contributed by atoms with Crippen LogP contribution in [0.3, 0.4) is 0 Å². The van der Waals surface area contributed by atoms with Gasteiger partial charge in [0.15, 0.2) is 0 Å². The molecule has 0 unspecified atom stereocenters. The SMILES string of the molecule is C\C(=C/C=C/C=C(\C)CC/C=C(\C)CCc1c(C)ccc(C)c1C)CC/C=C(\C)CCc1c(C)ccc(C)c1C. The van der Waals surface area contributed by atoms with Gasteiger partial charge in [-0.25, -0.2) is 0 Å². The van der Waals surface area contributed by atoms with Crippen molar-refractivity contribution in [2.75, 3.05) is 0 Å². The molecule has 2 rings (SSSR count). The Morgan fingerprint density at radius 1 is 0.475 bits per heavy atom. The van der Waals surface area contributed by atoms with E-state index in [9.17, 15) is 0 Å². The summed E-state index contributed by atoms with van der Waals surface area (Å²) >= 11 is 0. The molecule has 0 aliphatic carbocycles. The van der Waals surface area contributed by atoms with Crippen LogP contribution in [-0.4, -0.2) is 0 Å². The highest BCUT2D eigenvalue weighted by Gasteiger charge is 2.06. The average molecular weight is 537 g/mol. The normalized spacial score (nSPS) is 13.6. The number of hydrogen-bond donors (Lipinski definition) is 0. The summed E-state index contributed by atoms with van der Waals surface area (Å²) in [4.78, 5) is 0. The molecule has 0 nitrogen and oxygen atoms in total. The van der Waals surface area contributed by atoms with E-state index in [1.807, 2.05) is 0 Å². The smallest absolute Gasteiger partial charge is 0.0236 e. The Morgan fingerprint density at radius 2 is 0.825 bits per heavy atom. The minimum Gasteiger partial charge on any atom is -0.0853 e. The largest absolute Gasteiger partial charge is 0.0853 e. The van der Waals surface area contributed by atoms with Gasteiger partial charge < -0.3 is 0 Å². The summed E-state index contributed by atoms with van der Waals surface area (Å²) in [6.45, 7) is 22.5. The quantitative estimate of drug-likeness (QED) is 0.166. The summed E-state index contributed by atoms with van der Waals surface area (Å²) in [6, 6.07) is 9.02. The second kappa shape index (κ2) is 17.1. The molecule has 0 heterocycles. The number of aryl methyl sites for hydroxylation is 4. The molecule has 0 heteroatoms. The molecule has 0 radical (unpaired) electrons. The second-order valence-corrected chi connectivity index (χ2v) is 12.2. The third-order valence-electron chi connectivity index (χ3n) is 8.68. The Bertz CT molecular complexity index is 1170. The van der Waals surface area contributed by atoms with Crippen molar-refractivity contribution in [1.29, 1.82) is 0 Å². The zero-order chi connectivity index (χ0) is 29.7. The summed E-state index contributed by atoms with van der Waals surface area (Å²) in [5.74, 6) is 0. The molecule has 2 aromatic rings. The fourth-order valence-electron chi connectivity index (χ4n) is 5.34. The van der Waals surface area contributed by atoms with Gasteiger partial charge in [-0.1, -0.05) is 83.0 Å². The zero-order valence-electron chi connectivity index (χ0n) is 27.4. The molecule has 0 aromatic heterocycles. The number of allylic oxidation sites excluding steroid dienone is 10. The second-order valence-electron chi connectivity index (χ2n) is 12.2. The lowest BCUT2D eigenvalue weighted by molar-refractivity contribution is 0.891. The first kappa shape index (κ1) is 33.3. The Kier molecular flexibility index (Phi) is 14.2. The van der Waals surface area contributed by atoms with Crippen LogP contribution in [0.25, 0.3) is 0 Å². The molecule has 40 heavy (non-hydrogen) atoms. The van der Waals surface area contributed by atoms with Gasteiger partial charge in [-0.2, -0.15) is 0 Å². The molecule has 2 aromatic carbocycles. The van der Waals surface area contributed by atoms with Crippen LogP contribution in [0.4, 0.5) is 0 Å². The van der Waals surface area contributed by atoms with E-state index in [-0.39, 0.29) is 0 Å². The van der Waals surface area contributed by atoms with Crippen LogP contribution in [-0.2, 0) is 12.8 Å². The summed E-state index contributed by atoms with van der Waals surface area (Å²) < 4.78 is 0. The number of hydrogen-bond acceptors (Lipinski definition) is 0. The predicted octanol–water partition coefficient (Wildman–Crippen LogP) is 12.0. The average Bonchev–Trinajstić information content (AvgIpc) is 2.91. The van der Waals surface area contributed by atoms with Crippen LogP contribution in [0, 0.1) is 41.5 Å². The van der Waals surface area contributed by atoms with E-state index in [0.29, 0.717) is 0 Å². The van der Waals surface area contributed by atoms with E-state index in [4.69, 9.17) is 0 Å². The van der Waals surface area contributed by atoms with E-state index >= 15 is 0 Å². The van der Waals surface area contributed by atoms with Crippen LogP contribution < -0.4 is 0 Å². The van der Waals surface area contributed by atoms with Crippen molar-refractivity contribution < 1.29 is 0 Å². The standard InChI is InChI=1S/C40H56/c1-29(17-13-19-31(3)21-27-39-35(7)25-23-33(5)37(39)9)15-11-12-16-30(2)18-14-20-32(4)22-28-40-36(8)26-24-34(6)38(40)10/h11-12,15-16,19-20,23-26H,13-14,17-18,21-22,27-28H2,1-10H3/b12-11+,29-15+,30-16+,31-19+,32-20+. The van der Waals surface area contributed by atoms with Gasteiger partial charge in [-0.15, -0.1) is 0 Å². The van der Waals surface area contributed by atoms with Crippen LogP contribution in [0.2, 0.25) is 0 Å². The van der Waals surface area contributed by atoms with Gasteiger partial charge >= 0.3 is 0 Å². The van der Waals surface area contributed by atoms with Gasteiger partial charge in [0.1, 0.15) is 0 Å². The van der Waals surface area contributed by atoms with E-state index in [1.165, 1.54) is 66.8 Å². The van der Waals surface area contributed by atoms with E-state index in [0.717, 1.165) is 51.4 Å². The van der Waals surface area contributed by atoms with Crippen LogP contribution in [0.5, 0.6) is 0 Å². The van der Waals surface area contributed by atoms with Gasteiger partial charge in [0.05, 0.1) is 0 Å². The monoisotopic (exact) mass is 536 g/mol. The molecule has 0 saturated heterocycles. The molecule has 0 aliphatic rings. The molecule has 0 bridgehead atoms. The van der Waals surface area contributed by atoms with Crippen molar-refractivity contribution in [3.8, 4) is 0 Å². The van der Waals surface area contributed by atoms with Crippen LogP contribution in [0.1, 0.15) is 111 Å². The first-order valence-corrected chi connectivity index (χ1v) is 15.4. The molecule has 0 N–H and O–H groups in total. The van der Waals surface area contributed by atoms with Crippen molar-refractivity contribution in [3.05, 3.63) is 128 Å². The first-order chi connectivity index (χ1) is 19.0. The van der Waals surface area contributed by atoms with E-state index in [2.05, 4.69) is 130 Å². The fourth-order valence-corrected chi connectivity index (χ4v) is 5.34. The predicted molar refractivity (Wildman–Crippen MR) is 181 cm³/mol. The fraction of sp³-hybridized carbons (Fsp3) is 0.450. The van der Waals surface area contributed by atoms with E-state index < -0.39 is 0 Å². The highest BCUT2D eigenvalue weighted by Crippen LogP contribution is 2.22. The lowest BCUT2D eigenvalue weighted by Crippen LogP contribution is -1.97. The van der Waals surface area contributed by atoms with Crippen molar-refractivity contribution in [2.45, 2.75) is 121 Å². The Labute approximate surface area is 247 Å². The highest BCUT2D eigenvalue weighted by atomic mass is 14.1. The lowest BCUT2D eigenvalue weighted by Gasteiger charge is -2.12. The third kappa shape index (κ3) is 11.3. The minimum absolute atomic E-state index is 1.12. The van der Waals surface area contributed by atoms with Crippen molar-refractivity contribution in [3.63, 3.8) is 0 Å². The number of rotatable bonds is 14. The molecule has 0 saturated carbocycles. The minimum atomic E-state index is 1.12. The van der Waals surface area contributed by atoms with E-state index in [1.54, 1.807) is 0 Å². The summed E-state index contributed by atoms with van der Waals surface area (Å²) in [7, 11) is 0. The molecule has 216 valence electrons. The van der Waals surface area contributed by atoms with Gasteiger partial charge in [0, 0.05) is 0 Å². The highest BCUT2D eigenvalue weighted by molar-refractivity contribution is 5.40. The molecular formula is C40H56. The van der Waals surface area contributed by atoms with Gasteiger partial charge in [0.25, 0.3) is 0 Å². The molecule has 0 fully saturated rings. The third-order valence-corrected chi connectivity index (χ3v) is 8.68. The lowest BCUT2D eigenvalue weighted by atomic mass is 9.93. The van der Waals surface area contributed by atoms with Crippen molar-refractivity contribution >= 4 is 0 Å². The van der Waals surface area contributed by atoms with Gasteiger partial charge in [-0.3, -0.25) is 0 Å². The zero-order valence-corrected chi connectivity index (χ0v) is 27.4.